The minimum absolute atomic E-state index is 0.297. The third-order valence-electron chi connectivity index (χ3n) is 1.93. The zero-order valence-corrected chi connectivity index (χ0v) is 11.6. The quantitative estimate of drug-likeness (QED) is 0.577. The van der Waals surface area contributed by atoms with Gasteiger partial charge in [-0.3, -0.25) is 0 Å². The lowest BCUT2D eigenvalue weighted by molar-refractivity contribution is 0.222. The van der Waals surface area contributed by atoms with E-state index in [0.29, 0.717) is 23.5 Å². The van der Waals surface area contributed by atoms with Gasteiger partial charge in [-0.2, -0.15) is 0 Å². The molecule has 0 aromatic heterocycles. The van der Waals surface area contributed by atoms with Crippen molar-refractivity contribution in [1.29, 1.82) is 0 Å². The molecule has 0 saturated heterocycles. The smallest absolute Gasteiger partial charge is 0.281 e. The molecule has 5 heteroatoms. The van der Waals surface area contributed by atoms with Crippen LogP contribution in [0.1, 0.15) is 19.4 Å². The highest BCUT2D eigenvalue weighted by atomic mass is 32.5. The maximum atomic E-state index is 9.77. The van der Waals surface area contributed by atoms with Gasteiger partial charge in [0.1, 0.15) is 0 Å². The van der Waals surface area contributed by atoms with Crippen LogP contribution in [-0.4, -0.2) is 16.4 Å². The fraction of sp³-hybridized carbons (Fsp3) is 0.455. The molecular formula is C11H19O3PS. The van der Waals surface area contributed by atoms with E-state index in [9.17, 15) is 9.79 Å². The summed E-state index contributed by atoms with van der Waals surface area (Å²) >= 11 is 0. The van der Waals surface area contributed by atoms with Crippen molar-refractivity contribution >= 4 is 17.7 Å². The number of aryl methyl sites for hydroxylation is 1. The molecule has 0 fully saturated rings. The second-order valence-corrected chi connectivity index (χ2v) is 8.22. The van der Waals surface area contributed by atoms with E-state index in [1.165, 1.54) is 0 Å². The molecule has 0 radical (unpaired) electrons. The molecule has 0 spiro atoms. The predicted octanol–water partition coefficient (Wildman–Crippen LogP) is 2.50. The molecule has 0 aliphatic carbocycles. The van der Waals surface area contributed by atoms with E-state index >= 15 is 0 Å². The zero-order chi connectivity index (χ0) is 12.2. The fourth-order valence-electron chi connectivity index (χ4n) is 1.09. The van der Waals surface area contributed by atoms with E-state index in [1.54, 1.807) is 0 Å². The Kier molecular flexibility index (Phi) is 5.22. The van der Waals surface area contributed by atoms with Gasteiger partial charge < -0.3 is 14.3 Å². The summed E-state index contributed by atoms with van der Waals surface area (Å²) < 4.78 is 5.16. The van der Waals surface area contributed by atoms with Crippen LogP contribution in [0.5, 0.6) is 0 Å². The summed E-state index contributed by atoms with van der Waals surface area (Å²) in [7, 11) is 0.472. The van der Waals surface area contributed by atoms with Crippen molar-refractivity contribution in [1.82, 2.24) is 0 Å². The van der Waals surface area contributed by atoms with Crippen molar-refractivity contribution in [3.63, 3.8) is 0 Å². The molecule has 1 rings (SSSR count). The van der Waals surface area contributed by atoms with Gasteiger partial charge in [0.15, 0.2) is 0 Å². The Morgan fingerprint density at radius 3 is 2.50 bits per heavy atom. The van der Waals surface area contributed by atoms with Crippen molar-refractivity contribution in [3.8, 4) is 0 Å². The van der Waals surface area contributed by atoms with Gasteiger partial charge in [0.25, 0.3) is 6.72 Å². The Hall–Kier alpha value is -0.120. The molecule has 92 valence electrons. The molecule has 0 aliphatic heterocycles. The lowest BCUT2D eigenvalue weighted by Crippen LogP contribution is -2.00. The average Bonchev–Trinajstić information content (AvgIpc) is 2.19. The molecule has 0 unspecified atom stereocenters. The van der Waals surface area contributed by atoms with Crippen LogP contribution >= 0.6 is 6.72 Å². The van der Waals surface area contributed by atoms with Crippen LogP contribution in [0.4, 0.5) is 0 Å². The molecule has 0 heterocycles. The number of hydrogen-bond acceptors (Lipinski definition) is 1. The second kappa shape index (κ2) is 5.99. The Labute approximate surface area is 100 Å². The highest BCUT2D eigenvalue weighted by molar-refractivity contribution is 8.16. The van der Waals surface area contributed by atoms with Crippen molar-refractivity contribution in [2.45, 2.75) is 25.7 Å². The lowest BCUT2D eigenvalue weighted by Gasteiger charge is -2.15. The first kappa shape index (κ1) is 13.9. The number of benzene rings is 1. The average molecular weight is 262 g/mol. The molecule has 16 heavy (non-hydrogen) atoms. The summed E-state index contributed by atoms with van der Waals surface area (Å²) in [6.45, 7) is 3.00. The van der Waals surface area contributed by atoms with Gasteiger partial charge in [0.2, 0.25) is 0 Å². The highest BCUT2D eigenvalue weighted by Gasteiger charge is 2.11. The van der Waals surface area contributed by atoms with Crippen LogP contribution in [0.3, 0.4) is 0 Å². The Morgan fingerprint density at radius 1 is 1.31 bits per heavy atom. The van der Waals surface area contributed by atoms with Crippen molar-refractivity contribution in [2.75, 3.05) is 6.61 Å². The van der Waals surface area contributed by atoms with Crippen LogP contribution in [0.15, 0.2) is 29.2 Å². The Bertz CT molecular complexity index is 398. The van der Waals surface area contributed by atoms with Crippen LogP contribution in [0, 0.1) is 12.8 Å². The fourth-order valence-corrected chi connectivity index (χ4v) is 4.20. The first-order valence-electron chi connectivity index (χ1n) is 5.19. The van der Waals surface area contributed by atoms with E-state index in [0.717, 1.165) is 10.5 Å². The molecule has 2 N–H and O–H groups in total. The monoisotopic (exact) mass is 262 g/mol. The van der Waals surface area contributed by atoms with Gasteiger partial charge in [-0.1, -0.05) is 43.0 Å². The van der Waals surface area contributed by atoms with E-state index in [-0.39, 0.29) is 0 Å². The van der Waals surface area contributed by atoms with E-state index < -0.39 is 6.72 Å². The summed E-state index contributed by atoms with van der Waals surface area (Å²) in [5.41, 5.74) is 1.05. The molecule has 0 atom stereocenters. The molecule has 0 bridgehead atoms. The van der Waals surface area contributed by atoms with Crippen LogP contribution in [-0.2, 0) is 15.5 Å². The van der Waals surface area contributed by atoms with Crippen molar-refractivity contribution in [2.24, 2.45) is 5.92 Å². The van der Waals surface area contributed by atoms with Crippen LogP contribution in [0.2, 0.25) is 0 Å². The zero-order valence-electron chi connectivity index (χ0n) is 9.79. The van der Waals surface area contributed by atoms with E-state index in [4.69, 9.17) is 4.52 Å². The summed E-state index contributed by atoms with van der Waals surface area (Å²) in [5.74, 6) is 0.297. The molecule has 1 aromatic rings. The molecule has 1 aromatic carbocycles. The van der Waals surface area contributed by atoms with Crippen LogP contribution < -0.4 is 0 Å². The second-order valence-electron chi connectivity index (χ2n) is 4.09. The van der Waals surface area contributed by atoms with Gasteiger partial charge in [-0.15, -0.1) is 0 Å². The van der Waals surface area contributed by atoms with E-state index in [2.05, 4.69) is 0 Å². The highest BCUT2D eigenvalue weighted by Crippen LogP contribution is 2.41. The standard InChI is InChI=1S/C11H19O3PS/c1-9(2)8-14-15(12,13)16-11-7-5-4-6-10(11)3/h4-7,9,12-13,16H,8H2,1-3H3. The van der Waals surface area contributed by atoms with Gasteiger partial charge >= 0.3 is 0 Å². The first-order chi connectivity index (χ1) is 7.41. The van der Waals surface area contributed by atoms with E-state index in [1.807, 2.05) is 45.0 Å². The maximum Gasteiger partial charge on any atom is 0.281 e. The lowest BCUT2D eigenvalue weighted by atomic mass is 10.2. The minimum atomic E-state index is -3.27. The first-order valence-corrected chi connectivity index (χ1v) is 8.40. The molecule has 3 nitrogen and oxygen atoms in total. The van der Waals surface area contributed by atoms with Gasteiger partial charge in [0, 0.05) is 4.90 Å². The largest absolute Gasteiger partial charge is 0.328 e. The normalized spacial score (nSPS) is 12.1. The summed E-state index contributed by atoms with van der Waals surface area (Å²) in [6.07, 6.45) is 0. The molecule has 0 saturated carbocycles. The van der Waals surface area contributed by atoms with Crippen molar-refractivity contribution in [3.05, 3.63) is 29.8 Å². The van der Waals surface area contributed by atoms with Crippen LogP contribution in [0.25, 0.3) is 0 Å². The number of thiol groups is 1. The third-order valence-corrected chi connectivity index (χ3v) is 5.18. The third kappa shape index (κ3) is 4.81. The molecule has 0 amide bonds. The summed E-state index contributed by atoms with van der Waals surface area (Å²) in [6, 6.07) is 7.65. The topological polar surface area (TPSA) is 49.7 Å². The summed E-state index contributed by atoms with van der Waals surface area (Å²) in [5, 5.41) is 0. The van der Waals surface area contributed by atoms with Crippen molar-refractivity contribution < 1.29 is 14.3 Å². The number of rotatable bonds is 4. The SMILES string of the molecule is Cc1ccccc1[SH]=P(O)(O)OCC(C)C. The summed E-state index contributed by atoms with van der Waals surface area (Å²) in [4.78, 5) is 20.5. The minimum Gasteiger partial charge on any atom is -0.328 e. The van der Waals surface area contributed by atoms with Gasteiger partial charge in [-0.25, -0.2) is 0 Å². The van der Waals surface area contributed by atoms with Gasteiger partial charge in [-0.05, 0) is 24.5 Å². The predicted molar refractivity (Wildman–Crippen MR) is 70.4 cm³/mol. The van der Waals surface area contributed by atoms with Gasteiger partial charge in [0.05, 0.1) is 6.61 Å². The number of hydrogen-bond donors (Lipinski definition) is 3. The Morgan fingerprint density at radius 2 is 1.94 bits per heavy atom. The molecular weight excluding hydrogens is 243 g/mol. The maximum absolute atomic E-state index is 9.77. The Balaban J connectivity index is 2.86. The molecule has 0 aliphatic rings.